The molecule has 0 unspecified atom stereocenters. The number of nitrogens with zero attached hydrogens (tertiary/aromatic N) is 3. The number of non-ortho nitro benzene ring substituents is 1. The number of nitro benzene ring substituents is 1. The van der Waals surface area contributed by atoms with Gasteiger partial charge in [-0.15, -0.1) is 0 Å². The van der Waals surface area contributed by atoms with E-state index in [4.69, 9.17) is 5.73 Å². The normalized spacial score (nSPS) is 10.1. The van der Waals surface area contributed by atoms with E-state index in [0.29, 0.717) is 18.8 Å². The molecule has 0 aliphatic heterocycles. The second-order valence-electron chi connectivity index (χ2n) is 4.18. The first kappa shape index (κ1) is 14.9. The number of nitrogens with two attached hydrogens (primary N) is 1. The van der Waals surface area contributed by atoms with Crippen LogP contribution in [0.2, 0.25) is 0 Å². The highest BCUT2D eigenvalue weighted by molar-refractivity contribution is 5.91. The number of rotatable bonds is 5. The average Bonchev–Trinajstić information content (AvgIpc) is 2.43. The van der Waals surface area contributed by atoms with Crippen LogP contribution in [0.3, 0.4) is 0 Å². The van der Waals surface area contributed by atoms with Crippen molar-refractivity contribution < 1.29 is 9.72 Å². The van der Waals surface area contributed by atoms with Crippen molar-refractivity contribution in [2.24, 2.45) is 5.73 Å². The maximum absolute atomic E-state index is 12.0. The molecule has 0 heterocycles. The van der Waals surface area contributed by atoms with E-state index in [1.54, 1.807) is 31.1 Å². The van der Waals surface area contributed by atoms with Crippen LogP contribution >= 0.6 is 0 Å². The van der Waals surface area contributed by atoms with Crippen LogP contribution in [0.1, 0.15) is 6.42 Å². The van der Waals surface area contributed by atoms with E-state index in [0.717, 1.165) is 6.42 Å². The van der Waals surface area contributed by atoms with Gasteiger partial charge >= 0.3 is 6.03 Å². The highest BCUT2D eigenvalue weighted by Crippen LogP contribution is 2.19. The average molecular weight is 266 g/mol. The Balaban J connectivity index is 2.73. The molecule has 2 N–H and O–H groups in total. The van der Waals surface area contributed by atoms with Crippen molar-refractivity contribution in [3.63, 3.8) is 0 Å². The molecule has 0 bridgehead atoms. The van der Waals surface area contributed by atoms with Gasteiger partial charge in [0.15, 0.2) is 0 Å². The molecule has 1 rings (SSSR count). The van der Waals surface area contributed by atoms with E-state index in [2.05, 4.69) is 0 Å². The monoisotopic (exact) mass is 266 g/mol. The Kier molecular flexibility index (Phi) is 5.25. The minimum atomic E-state index is -0.473. The van der Waals surface area contributed by atoms with Crippen molar-refractivity contribution in [3.8, 4) is 0 Å². The molecule has 0 aliphatic carbocycles. The number of hydrogen-bond acceptors (Lipinski definition) is 4. The van der Waals surface area contributed by atoms with Gasteiger partial charge in [0.25, 0.3) is 5.69 Å². The zero-order valence-corrected chi connectivity index (χ0v) is 11.1. The molecule has 19 heavy (non-hydrogen) atoms. The summed E-state index contributed by atoms with van der Waals surface area (Å²) in [5.41, 5.74) is 6.00. The molecule has 2 amide bonds. The van der Waals surface area contributed by atoms with Crippen molar-refractivity contribution in [2.45, 2.75) is 6.42 Å². The van der Waals surface area contributed by atoms with E-state index in [1.165, 1.54) is 17.0 Å². The Hall–Kier alpha value is -2.15. The molecule has 0 saturated carbocycles. The van der Waals surface area contributed by atoms with E-state index in [-0.39, 0.29) is 11.7 Å². The van der Waals surface area contributed by atoms with E-state index in [1.807, 2.05) is 0 Å². The lowest BCUT2D eigenvalue weighted by atomic mass is 10.2. The molecule has 0 spiro atoms. The number of amides is 2. The highest BCUT2D eigenvalue weighted by Gasteiger charge is 2.16. The quantitative estimate of drug-likeness (QED) is 0.644. The minimum absolute atomic E-state index is 0.00100. The summed E-state index contributed by atoms with van der Waals surface area (Å²) in [6, 6.07) is 5.67. The number of carbonyl (C=O) groups excluding carboxylic acids is 1. The van der Waals surface area contributed by atoms with E-state index in [9.17, 15) is 14.9 Å². The number of urea groups is 1. The van der Waals surface area contributed by atoms with Crippen LogP contribution < -0.4 is 10.6 Å². The minimum Gasteiger partial charge on any atom is -0.330 e. The molecule has 7 heteroatoms. The summed E-state index contributed by atoms with van der Waals surface area (Å²) in [6.07, 6.45) is 0.732. The van der Waals surface area contributed by atoms with Crippen LogP contribution in [-0.2, 0) is 0 Å². The molecule has 0 saturated heterocycles. The van der Waals surface area contributed by atoms with Crippen LogP contribution in [0, 0.1) is 10.1 Å². The molecule has 0 radical (unpaired) electrons. The lowest BCUT2D eigenvalue weighted by molar-refractivity contribution is -0.384. The van der Waals surface area contributed by atoms with Crippen molar-refractivity contribution >= 4 is 17.4 Å². The lowest BCUT2D eigenvalue weighted by Crippen LogP contribution is -2.39. The topological polar surface area (TPSA) is 92.7 Å². The molecular formula is C12H18N4O3. The van der Waals surface area contributed by atoms with Gasteiger partial charge in [0.2, 0.25) is 0 Å². The zero-order valence-electron chi connectivity index (χ0n) is 11.1. The number of benzene rings is 1. The summed E-state index contributed by atoms with van der Waals surface area (Å²) in [7, 11) is 3.32. The first-order valence-corrected chi connectivity index (χ1v) is 5.90. The Morgan fingerprint density at radius 1 is 1.32 bits per heavy atom. The summed E-state index contributed by atoms with van der Waals surface area (Å²) in [5.74, 6) is 0. The van der Waals surface area contributed by atoms with Gasteiger partial charge in [0.05, 0.1) is 4.92 Å². The number of hydrogen-bond donors (Lipinski definition) is 1. The van der Waals surface area contributed by atoms with E-state index >= 15 is 0 Å². The fraction of sp³-hybridized carbons (Fsp3) is 0.417. The predicted octanol–water partition coefficient (Wildman–Crippen LogP) is 1.43. The zero-order chi connectivity index (χ0) is 14.4. The third-order valence-corrected chi connectivity index (χ3v) is 2.76. The molecule has 0 aliphatic rings. The van der Waals surface area contributed by atoms with Gasteiger partial charge in [-0.25, -0.2) is 4.79 Å². The summed E-state index contributed by atoms with van der Waals surface area (Å²) in [5, 5.41) is 10.5. The Morgan fingerprint density at radius 3 is 2.37 bits per heavy atom. The van der Waals surface area contributed by atoms with Gasteiger partial charge in [-0.05, 0) is 25.1 Å². The Labute approximate surface area is 111 Å². The smallest absolute Gasteiger partial charge is 0.323 e. The lowest BCUT2D eigenvalue weighted by Gasteiger charge is -2.24. The molecule has 0 atom stereocenters. The van der Waals surface area contributed by atoms with Gasteiger partial charge in [-0.1, -0.05) is 0 Å². The van der Waals surface area contributed by atoms with Crippen molar-refractivity contribution in [1.29, 1.82) is 0 Å². The summed E-state index contributed by atoms with van der Waals surface area (Å²) in [4.78, 5) is 25.1. The standard InChI is InChI=1S/C12H18N4O3/c1-14(9-3-8-13)12(17)15(2)10-4-6-11(7-5-10)16(18)19/h4-7H,3,8-9,13H2,1-2H3. The first-order chi connectivity index (χ1) is 8.97. The predicted molar refractivity (Wildman–Crippen MR) is 73.2 cm³/mol. The first-order valence-electron chi connectivity index (χ1n) is 5.90. The van der Waals surface area contributed by atoms with Crippen LogP contribution in [0.4, 0.5) is 16.2 Å². The third kappa shape index (κ3) is 3.92. The van der Waals surface area contributed by atoms with Crippen molar-refractivity contribution in [3.05, 3.63) is 34.4 Å². The van der Waals surface area contributed by atoms with Gasteiger partial charge in [-0.2, -0.15) is 0 Å². The molecule has 1 aromatic rings. The van der Waals surface area contributed by atoms with Gasteiger partial charge in [-0.3, -0.25) is 15.0 Å². The summed E-state index contributed by atoms with van der Waals surface area (Å²) < 4.78 is 0. The fourth-order valence-electron chi connectivity index (χ4n) is 1.59. The molecule has 1 aromatic carbocycles. The maximum Gasteiger partial charge on any atom is 0.323 e. The SMILES string of the molecule is CN(CCCN)C(=O)N(C)c1ccc([N+](=O)[O-])cc1. The van der Waals surface area contributed by atoms with Crippen LogP contribution in [0.5, 0.6) is 0 Å². The van der Waals surface area contributed by atoms with Gasteiger partial charge < -0.3 is 10.6 Å². The number of anilines is 1. The van der Waals surface area contributed by atoms with Crippen LogP contribution in [0.15, 0.2) is 24.3 Å². The third-order valence-electron chi connectivity index (χ3n) is 2.76. The fourth-order valence-corrected chi connectivity index (χ4v) is 1.59. The number of carbonyl (C=O) groups is 1. The number of nitro groups is 1. The Bertz CT molecular complexity index is 447. The summed E-state index contributed by atoms with van der Waals surface area (Å²) >= 11 is 0. The molecule has 0 fully saturated rings. The van der Waals surface area contributed by atoms with Gasteiger partial charge in [0, 0.05) is 38.5 Å². The maximum atomic E-state index is 12.0. The molecular weight excluding hydrogens is 248 g/mol. The van der Waals surface area contributed by atoms with Gasteiger partial charge in [0.1, 0.15) is 0 Å². The molecule has 7 nitrogen and oxygen atoms in total. The van der Waals surface area contributed by atoms with Crippen LogP contribution in [0.25, 0.3) is 0 Å². The largest absolute Gasteiger partial charge is 0.330 e. The highest BCUT2D eigenvalue weighted by atomic mass is 16.6. The molecule has 104 valence electrons. The van der Waals surface area contributed by atoms with Crippen molar-refractivity contribution in [2.75, 3.05) is 32.1 Å². The molecule has 0 aromatic heterocycles. The summed E-state index contributed by atoms with van der Waals surface area (Å²) in [6.45, 7) is 1.10. The Morgan fingerprint density at radius 2 is 1.89 bits per heavy atom. The van der Waals surface area contributed by atoms with E-state index < -0.39 is 4.92 Å². The van der Waals surface area contributed by atoms with Crippen LogP contribution in [-0.4, -0.2) is 43.0 Å². The second-order valence-corrected chi connectivity index (χ2v) is 4.18. The van der Waals surface area contributed by atoms with Crippen molar-refractivity contribution in [1.82, 2.24) is 4.90 Å². The second kappa shape index (κ2) is 6.69.